The van der Waals surface area contributed by atoms with E-state index in [0.29, 0.717) is 30.3 Å². The smallest absolute Gasteiger partial charge is 0.257 e. The predicted octanol–water partition coefficient (Wildman–Crippen LogP) is 4.42. The lowest BCUT2D eigenvalue weighted by atomic mass is 10.2. The van der Waals surface area contributed by atoms with Crippen LogP contribution in [0.4, 0.5) is 5.69 Å². The number of anilines is 1. The van der Waals surface area contributed by atoms with Crippen molar-refractivity contribution in [2.45, 2.75) is 49.2 Å². The molecule has 0 bridgehead atoms. The summed E-state index contributed by atoms with van der Waals surface area (Å²) in [5.74, 6) is 0.192. The Labute approximate surface area is 186 Å². The van der Waals surface area contributed by atoms with Crippen molar-refractivity contribution >= 4 is 33.2 Å². The number of amides is 1. The van der Waals surface area contributed by atoms with Gasteiger partial charge >= 0.3 is 0 Å². The Kier molecular flexibility index (Phi) is 5.11. The SMILES string of the molecule is O=C(Nc1ccc2c(c1)OC1(CCCC1)O2)c1cc(S(=O)(=O)N2CCCC2)ccc1Cl. The summed E-state index contributed by atoms with van der Waals surface area (Å²) in [5, 5.41) is 2.97. The number of carbonyl (C=O) groups excluding carboxylic acids is 1. The molecule has 1 aliphatic carbocycles. The number of fused-ring (bicyclic) bond motifs is 1. The summed E-state index contributed by atoms with van der Waals surface area (Å²) >= 11 is 6.23. The lowest BCUT2D eigenvalue weighted by Gasteiger charge is -2.21. The molecule has 2 aromatic carbocycles. The molecule has 3 aliphatic rings. The maximum atomic E-state index is 12.9. The van der Waals surface area contributed by atoms with Gasteiger partial charge in [-0.05, 0) is 56.0 Å². The Morgan fingerprint density at radius 3 is 2.42 bits per heavy atom. The molecule has 0 aromatic heterocycles. The van der Waals surface area contributed by atoms with Crippen LogP contribution in [0.15, 0.2) is 41.3 Å². The Balaban J connectivity index is 1.37. The Morgan fingerprint density at radius 2 is 1.68 bits per heavy atom. The molecule has 7 nitrogen and oxygen atoms in total. The van der Waals surface area contributed by atoms with Gasteiger partial charge in [-0.2, -0.15) is 4.31 Å². The van der Waals surface area contributed by atoms with Crippen molar-refractivity contribution in [3.05, 3.63) is 47.0 Å². The van der Waals surface area contributed by atoms with Crippen molar-refractivity contribution in [2.75, 3.05) is 18.4 Å². The molecule has 2 aliphatic heterocycles. The van der Waals surface area contributed by atoms with Gasteiger partial charge < -0.3 is 14.8 Å². The molecule has 1 saturated carbocycles. The molecule has 5 rings (SSSR count). The third kappa shape index (κ3) is 3.77. The number of rotatable bonds is 4. The Hall–Kier alpha value is -2.29. The number of ether oxygens (including phenoxy) is 2. The molecule has 9 heteroatoms. The Morgan fingerprint density at radius 1 is 0.968 bits per heavy atom. The van der Waals surface area contributed by atoms with Crippen LogP contribution in [0.2, 0.25) is 5.02 Å². The molecule has 2 aromatic rings. The number of benzene rings is 2. The summed E-state index contributed by atoms with van der Waals surface area (Å²) < 4.78 is 39.2. The zero-order chi connectivity index (χ0) is 21.6. The van der Waals surface area contributed by atoms with Gasteiger partial charge in [0, 0.05) is 37.7 Å². The summed E-state index contributed by atoms with van der Waals surface area (Å²) in [6, 6.07) is 9.45. The molecule has 0 radical (unpaired) electrons. The van der Waals surface area contributed by atoms with E-state index in [0.717, 1.165) is 38.5 Å². The first-order valence-electron chi connectivity index (χ1n) is 10.5. The van der Waals surface area contributed by atoms with Gasteiger partial charge in [0.15, 0.2) is 11.5 Å². The number of nitrogens with zero attached hydrogens (tertiary/aromatic N) is 1. The topological polar surface area (TPSA) is 84.9 Å². The number of hydrogen-bond donors (Lipinski definition) is 1. The highest BCUT2D eigenvalue weighted by atomic mass is 35.5. The molecule has 31 heavy (non-hydrogen) atoms. The second-order valence-corrected chi connectivity index (χ2v) is 10.5. The molecule has 1 amide bonds. The van der Waals surface area contributed by atoms with Crippen molar-refractivity contribution in [2.24, 2.45) is 0 Å². The molecule has 2 heterocycles. The summed E-state index contributed by atoms with van der Waals surface area (Å²) in [6.45, 7) is 0.982. The van der Waals surface area contributed by atoms with Gasteiger partial charge in [0.2, 0.25) is 10.0 Å². The highest BCUT2D eigenvalue weighted by Crippen LogP contribution is 2.47. The van der Waals surface area contributed by atoms with Crippen LogP contribution < -0.4 is 14.8 Å². The second-order valence-electron chi connectivity index (χ2n) is 8.19. The lowest BCUT2D eigenvalue weighted by Crippen LogP contribution is -2.34. The second kappa shape index (κ2) is 7.69. The predicted molar refractivity (Wildman–Crippen MR) is 116 cm³/mol. The van der Waals surface area contributed by atoms with E-state index in [1.807, 2.05) is 0 Å². The normalized spacial score (nSPS) is 19.8. The van der Waals surface area contributed by atoms with Gasteiger partial charge in [0.25, 0.3) is 11.7 Å². The first kappa shape index (κ1) is 20.6. The van der Waals surface area contributed by atoms with Crippen LogP contribution in [0, 0.1) is 0 Å². The van der Waals surface area contributed by atoms with Gasteiger partial charge in [-0.3, -0.25) is 4.79 Å². The zero-order valence-corrected chi connectivity index (χ0v) is 18.5. The third-order valence-corrected chi connectivity index (χ3v) is 8.27. The zero-order valence-electron chi connectivity index (χ0n) is 16.9. The fourth-order valence-corrected chi connectivity index (χ4v) is 6.15. The monoisotopic (exact) mass is 462 g/mol. The molecular formula is C22H23ClN2O5S. The van der Waals surface area contributed by atoms with E-state index >= 15 is 0 Å². The van der Waals surface area contributed by atoms with Crippen molar-refractivity contribution in [3.8, 4) is 11.5 Å². The minimum atomic E-state index is -3.65. The summed E-state index contributed by atoms with van der Waals surface area (Å²) in [5.41, 5.74) is 0.623. The van der Waals surface area contributed by atoms with Crippen molar-refractivity contribution < 1.29 is 22.7 Å². The number of carbonyl (C=O) groups is 1. The lowest BCUT2D eigenvalue weighted by molar-refractivity contribution is -0.0716. The molecule has 0 atom stereocenters. The standard InChI is InChI=1S/C22H23ClN2O5S/c23-18-7-6-16(31(27,28)25-11-3-4-12-25)14-17(18)21(26)24-15-5-8-19-20(13-15)30-22(29-19)9-1-2-10-22/h5-8,13-14H,1-4,9-12H2,(H,24,26). The van der Waals surface area contributed by atoms with Crippen LogP contribution in [0.3, 0.4) is 0 Å². The average molecular weight is 463 g/mol. The average Bonchev–Trinajstić information content (AvgIpc) is 3.49. The summed E-state index contributed by atoms with van der Waals surface area (Å²) in [7, 11) is -3.65. The van der Waals surface area contributed by atoms with E-state index < -0.39 is 21.7 Å². The van der Waals surface area contributed by atoms with Gasteiger partial charge in [-0.25, -0.2) is 8.42 Å². The molecule has 0 unspecified atom stereocenters. The van der Waals surface area contributed by atoms with Crippen LogP contribution in [-0.2, 0) is 10.0 Å². The van der Waals surface area contributed by atoms with Gasteiger partial charge in [-0.1, -0.05) is 11.6 Å². The van der Waals surface area contributed by atoms with E-state index in [4.69, 9.17) is 21.1 Å². The molecule has 1 N–H and O–H groups in total. The highest BCUT2D eigenvalue weighted by Gasteiger charge is 2.44. The number of halogens is 1. The number of sulfonamides is 1. The Bertz CT molecular complexity index is 1140. The summed E-state index contributed by atoms with van der Waals surface area (Å²) in [4.78, 5) is 13.0. The van der Waals surface area contributed by atoms with Crippen LogP contribution in [0.5, 0.6) is 11.5 Å². The quantitative estimate of drug-likeness (QED) is 0.727. The summed E-state index contributed by atoms with van der Waals surface area (Å²) in [6.07, 6.45) is 5.49. The largest absolute Gasteiger partial charge is 0.448 e. The van der Waals surface area contributed by atoms with Crippen LogP contribution in [-0.4, -0.2) is 37.5 Å². The van der Waals surface area contributed by atoms with E-state index in [2.05, 4.69) is 5.32 Å². The van der Waals surface area contributed by atoms with Crippen molar-refractivity contribution in [1.29, 1.82) is 0 Å². The fraction of sp³-hybridized carbons (Fsp3) is 0.409. The molecule has 1 spiro atoms. The van der Waals surface area contributed by atoms with Crippen molar-refractivity contribution in [3.63, 3.8) is 0 Å². The van der Waals surface area contributed by atoms with Crippen LogP contribution in [0.1, 0.15) is 48.9 Å². The first-order chi connectivity index (χ1) is 14.9. The van der Waals surface area contributed by atoms with Gasteiger partial charge in [0.05, 0.1) is 15.5 Å². The third-order valence-electron chi connectivity index (χ3n) is 6.04. The maximum absolute atomic E-state index is 12.9. The van der Waals surface area contributed by atoms with E-state index in [1.54, 1.807) is 18.2 Å². The molecule has 2 fully saturated rings. The van der Waals surface area contributed by atoms with Crippen LogP contribution >= 0.6 is 11.6 Å². The van der Waals surface area contributed by atoms with E-state index in [1.165, 1.54) is 22.5 Å². The van der Waals surface area contributed by atoms with Crippen LogP contribution in [0.25, 0.3) is 0 Å². The van der Waals surface area contributed by atoms with Gasteiger partial charge in [-0.15, -0.1) is 0 Å². The minimum Gasteiger partial charge on any atom is -0.448 e. The van der Waals surface area contributed by atoms with Crippen molar-refractivity contribution in [1.82, 2.24) is 4.31 Å². The highest BCUT2D eigenvalue weighted by molar-refractivity contribution is 7.89. The maximum Gasteiger partial charge on any atom is 0.257 e. The number of hydrogen-bond acceptors (Lipinski definition) is 5. The molecular weight excluding hydrogens is 440 g/mol. The van der Waals surface area contributed by atoms with E-state index in [9.17, 15) is 13.2 Å². The number of nitrogens with one attached hydrogen (secondary N) is 1. The molecule has 1 saturated heterocycles. The first-order valence-corrected chi connectivity index (χ1v) is 12.3. The van der Waals surface area contributed by atoms with Gasteiger partial charge in [0.1, 0.15) is 0 Å². The van der Waals surface area contributed by atoms with E-state index in [-0.39, 0.29) is 15.5 Å². The minimum absolute atomic E-state index is 0.0674. The fourth-order valence-electron chi connectivity index (χ4n) is 4.40. The molecule has 164 valence electrons.